The Morgan fingerprint density at radius 3 is 2.89 bits per heavy atom. The minimum Gasteiger partial charge on any atom is -0.361 e. The van der Waals surface area contributed by atoms with Crippen molar-refractivity contribution in [1.29, 1.82) is 0 Å². The number of carbonyl (C=O) groups excluding carboxylic acids is 1. The fraction of sp³-hybridized carbons (Fsp3) is 0.538. The van der Waals surface area contributed by atoms with E-state index in [2.05, 4.69) is 5.16 Å². The van der Waals surface area contributed by atoms with E-state index in [1.54, 1.807) is 11.8 Å². The zero-order valence-corrected chi connectivity index (χ0v) is 11.4. The predicted molar refractivity (Wildman–Crippen MR) is 70.8 cm³/mol. The van der Waals surface area contributed by atoms with E-state index >= 15 is 0 Å². The highest BCUT2D eigenvalue weighted by Crippen LogP contribution is 2.37. The maximum absolute atomic E-state index is 12.1. The zero-order chi connectivity index (χ0) is 12.7. The van der Waals surface area contributed by atoms with Gasteiger partial charge < -0.3 is 9.42 Å². The average molecular weight is 264 g/mol. The summed E-state index contributed by atoms with van der Waals surface area (Å²) in [5.41, 5.74) is 1.89. The van der Waals surface area contributed by atoms with Crippen molar-refractivity contribution in [3.8, 4) is 0 Å². The lowest BCUT2D eigenvalue weighted by molar-refractivity contribution is -0.129. The molecule has 3 rings (SSSR count). The number of thioether (sulfide) groups is 1. The van der Waals surface area contributed by atoms with Crippen LogP contribution >= 0.6 is 11.8 Å². The van der Waals surface area contributed by atoms with E-state index in [1.165, 1.54) is 0 Å². The number of carbonyl (C=O) groups is 1. The summed E-state index contributed by atoms with van der Waals surface area (Å²) in [4.78, 5) is 14.1. The third kappa shape index (κ3) is 2.07. The van der Waals surface area contributed by atoms with Crippen LogP contribution in [0.4, 0.5) is 0 Å². The molecule has 1 saturated heterocycles. The molecule has 0 spiro atoms. The summed E-state index contributed by atoms with van der Waals surface area (Å²) in [5, 5.41) is 4.99. The van der Waals surface area contributed by atoms with Crippen molar-refractivity contribution in [3.05, 3.63) is 22.0 Å². The largest absolute Gasteiger partial charge is 0.361 e. The molecular weight excluding hydrogens is 248 g/mol. The van der Waals surface area contributed by atoms with E-state index in [1.807, 2.05) is 24.8 Å². The summed E-state index contributed by atoms with van der Waals surface area (Å²) in [6.45, 7) is 4.66. The van der Waals surface area contributed by atoms with Gasteiger partial charge in [0.2, 0.25) is 5.91 Å². The smallest absolute Gasteiger partial charge is 0.230 e. The number of amides is 1. The van der Waals surface area contributed by atoms with E-state index in [9.17, 15) is 4.79 Å². The minimum absolute atomic E-state index is 0.275. The first-order chi connectivity index (χ1) is 8.66. The first-order valence-corrected chi connectivity index (χ1v) is 7.24. The summed E-state index contributed by atoms with van der Waals surface area (Å²) in [5.74, 6) is 2.36. The normalized spacial score (nSPS) is 21.9. The van der Waals surface area contributed by atoms with Crippen LogP contribution in [0.2, 0.25) is 0 Å². The fourth-order valence-corrected chi connectivity index (χ4v) is 3.16. The molecule has 4 nitrogen and oxygen atoms in total. The first-order valence-electron chi connectivity index (χ1n) is 6.25. The Labute approximate surface area is 110 Å². The lowest BCUT2D eigenvalue weighted by Crippen LogP contribution is -2.27. The molecule has 1 aliphatic heterocycles. The quantitative estimate of drug-likeness (QED) is 0.823. The van der Waals surface area contributed by atoms with Gasteiger partial charge in [-0.25, -0.2) is 0 Å². The van der Waals surface area contributed by atoms with Crippen molar-refractivity contribution in [3.63, 3.8) is 0 Å². The highest BCUT2D eigenvalue weighted by atomic mass is 32.2. The molecule has 2 heterocycles. The molecular formula is C13H16N2O2S. The molecule has 1 amide bonds. The third-order valence-electron chi connectivity index (χ3n) is 3.38. The Bertz CT molecular complexity index is 498. The monoisotopic (exact) mass is 264 g/mol. The van der Waals surface area contributed by atoms with Gasteiger partial charge in [0.25, 0.3) is 0 Å². The molecule has 1 saturated carbocycles. The number of aryl methyl sites for hydroxylation is 2. The molecule has 0 radical (unpaired) electrons. The molecule has 0 unspecified atom stereocenters. The van der Waals surface area contributed by atoms with Gasteiger partial charge >= 0.3 is 0 Å². The first kappa shape index (κ1) is 11.8. The summed E-state index contributed by atoms with van der Waals surface area (Å²) in [6.07, 6.45) is 4.15. The summed E-state index contributed by atoms with van der Waals surface area (Å²) >= 11 is 1.74. The second-order valence-corrected chi connectivity index (χ2v) is 5.95. The Morgan fingerprint density at radius 2 is 2.28 bits per heavy atom. The van der Waals surface area contributed by atoms with Gasteiger partial charge in [-0.3, -0.25) is 4.79 Å². The van der Waals surface area contributed by atoms with Crippen LogP contribution < -0.4 is 0 Å². The van der Waals surface area contributed by atoms with Crippen LogP contribution in [0.3, 0.4) is 0 Å². The summed E-state index contributed by atoms with van der Waals surface area (Å²) < 4.78 is 5.15. The van der Waals surface area contributed by atoms with Gasteiger partial charge in [0.15, 0.2) is 0 Å². The van der Waals surface area contributed by atoms with Crippen LogP contribution in [0.5, 0.6) is 0 Å². The predicted octanol–water partition coefficient (Wildman–Crippen LogP) is 2.58. The highest BCUT2D eigenvalue weighted by Gasteiger charge is 2.36. The lowest BCUT2D eigenvalue weighted by atomic mass is 10.2. The standard InChI is InChI=1S/C13H16N2O2S/c1-8-11(9(2)17-14-8)7-12-15(5-6-18-12)13(16)10-3-4-10/h7,10H,3-6H2,1-2H3/b12-7+. The number of hydrogen-bond donors (Lipinski definition) is 0. The molecule has 1 aromatic rings. The van der Waals surface area contributed by atoms with Gasteiger partial charge in [-0.1, -0.05) is 5.16 Å². The third-order valence-corrected chi connectivity index (χ3v) is 4.40. The molecule has 0 aromatic carbocycles. The molecule has 1 aliphatic carbocycles. The Balaban J connectivity index is 1.88. The van der Waals surface area contributed by atoms with Gasteiger partial charge in [-0.15, -0.1) is 11.8 Å². The van der Waals surface area contributed by atoms with Crippen molar-refractivity contribution in [2.75, 3.05) is 12.3 Å². The zero-order valence-electron chi connectivity index (χ0n) is 10.6. The van der Waals surface area contributed by atoms with Crippen LogP contribution in [0.15, 0.2) is 9.55 Å². The second-order valence-electron chi connectivity index (χ2n) is 4.83. The van der Waals surface area contributed by atoms with E-state index in [-0.39, 0.29) is 11.8 Å². The lowest BCUT2D eigenvalue weighted by Gasteiger charge is -2.16. The fourth-order valence-electron chi connectivity index (χ4n) is 2.14. The number of aromatic nitrogens is 1. The molecule has 2 aliphatic rings. The number of rotatable bonds is 2. The molecule has 18 heavy (non-hydrogen) atoms. The Hall–Kier alpha value is -1.23. The summed E-state index contributed by atoms with van der Waals surface area (Å²) in [7, 11) is 0. The van der Waals surface area contributed by atoms with Crippen LogP contribution in [0, 0.1) is 19.8 Å². The molecule has 96 valence electrons. The van der Waals surface area contributed by atoms with Gasteiger partial charge in [0.05, 0.1) is 10.7 Å². The van der Waals surface area contributed by atoms with Gasteiger partial charge in [-0.2, -0.15) is 0 Å². The van der Waals surface area contributed by atoms with E-state index in [4.69, 9.17) is 4.52 Å². The van der Waals surface area contributed by atoms with Crippen molar-refractivity contribution < 1.29 is 9.32 Å². The number of hydrogen-bond acceptors (Lipinski definition) is 4. The van der Waals surface area contributed by atoms with Gasteiger partial charge in [-0.05, 0) is 32.8 Å². The van der Waals surface area contributed by atoms with Crippen LogP contribution in [-0.2, 0) is 4.79 Å². The van der Waals surface area contributed by atoms with Crippen molar-refractivity contribution in [1.82, 2.24) is 10.1 Å². The van der Waals surface area contributed by atoms with E-state index in [0.717, 1.165) is 47.2 Å². The minimum atomic E-state index is 0.275. The molecule has 0 atom stereocenters. The SMILES string of the molecule is Cc1noc(C)c1/C=C1/SCCN1C(=O)C1CC1. The summed E-state index contributed by atoms with van der Waals surface area (Å²) in [6, 6.07) is 0. The van der Waals surface area contributed by atoms with Crippen LogP contribution in [0.1, 0.15) is 29.9 Å². The van der Waals surface area contributed by atoms with Crippen LogP contribution in [-0.4, -0.2) is 28.3 Å². The number of nitrogens with zero attached hydrogens (tertiary/aromatic N) is 2. The maximum Gasteiger partial charge on any atom is 0.230 e. The Morgan fingerprint density at radius 1 is 1.50 bits per heavy atom. The van der Waals surface area contributed by atoms with Crippen molar-refractivity contribution >= 4 is 23.7 Å². The Kier molecular flexibility index (Phi) is 2.93. The molecule has 2 fully saturated rings. The van der Waals surface area contributed by atoms with Gasteiger partial charge in [0.1, 0.15) is 5.76 Å². The van der Waals surface area contributed by atoms with Gasteiger partial charge in [0, 0.05) is 23.8 Å². The highest BCUT2D eigenvalue weighted by molar-refractivity contribution is 8.03. The molecule has 0 N–H and O–H groups in total. The van der Waals surface area contributed by atoms with Crippen molar-refractivity contribution in [2.45, 2.75) is 26.7 Å². The van der Waals surface area contributed by atoms with Crippen LogP contribution in [0.25, 0.3) is 6.08 Å². The molecule has 5 heteroatoms. The van der Waals surface area contributed by atoms with E-state index in [0.29, 0.717) is 0 Å². The average Bonchev–Trinajstić information content (AvgIpc) is 3.03. The molecule has 1 aromatic heterocycles. The maximum atomic E-state index is 12.1. The van der Waals surface area contributed by atoms with E-state index < -0.39 is 0 Å². The van der Waals surface area contributed by atoms with Crippen molar-refractivity contribution in [2.24, 2.45) is 5.92 Å². The second kappa shape index (κ2) is 4.46. The topological polar surface area (TPSA) is 46.3 Å². The molecule has 0 bridgehead atoms.